The molecule has 0 aliphatic carbocycles. The summed E-state index contributed by atoms with van der Waals surface area (Å²) in [5.41, 5.74) is 2.98. The van der Waals surface area contributed by atoms with Crippen LogP contribution >= 0.6 is 0 Å². The largest absolute Gasteiger partial charge is 0.497 e. The minimum Gasteiger partial charge on any atom is -0.497 e. The lowest BCUT2D eigenvalue weighted by Gasteiger charge is -2.23. The highest BCUT2D eigenvalue weighted by atomic mass is 16.5. The third-order valence-electron chi connectivity index (χ3n) is 5.43. The summed E-state index contributed by atoms with van der Waals surface area (Å²) in [7, 11) is 1.67. The van der Waals surface area contributed by atoms with E-state index >= 15 is 0 Å². The molecule has 0 radical (unpaired) electrons. The lowest BCUT2D eigenvalue weighted by Crippen LogP contribution is -2.35. The number of nitrogens with zero attached hydrogens (tertiary/aromatic N) is 2. The van der Waals surface area contributed by atoms with E-state index in [1.165, 1.54) is 0 Å². The molecule has 162 valence electrons. The van der Waals surface area contributed by atoms with E-state index in [1.807, 2.05) is 79.0 Å². The van der Waals surface area contributed by atoms with Crippen molar-refractivity contribution in [2.75, 3.05) is 19.0 Å². The Morgan fingerprint density at radius 1 is 1.06 bits per heavy atom. The van der Waals surface area contributed by atoms with Crippen molar-refractivity contribution in [1.29, 1.82) is 0 Å². The lowest BCUT2D eigenvalue weighted by molar-refractivity contribution is 0.214. The molecule has 3 aromatic carbocycles. The molecule has 0 unspecified atom stereocenters. The number of rotatable bonds is 8. The fourth-order valence-electron chi connectivity index (χ4n) is 3.81. The quantitative estimate of drug-likeness (QED) is 0.356. The highest BCUT2D eigenvalue weighted by Gasteiger charge is 2.16. The topological polar surface area (TPSA) is 46.5 Å². The SMILES string of the molecule is C=CCN(Cc1cccn1Cc1cccc(OC)c1)C(=O)Nc1cccc2ccccc12. The first-order valence-corrected chi connectivity index (χ1v) is 10.6. The molecule has 2 amide bonds. The molecule has 4 aromatic rings. The van der Waals surface area contributed by atoms with Gasteiger partial charge in [-0.05, 0) is 41.3 Å². The van der Waals surface area contributed by atoms with Crippen LogP contribution in [0.1, 0.15) is 11.3 Å². The minimum atomic E-state index is -0.157. The average molecular weight is 426 g/mol. The van der Waals surface area contributed by atoms with Crippen LogP contribution in [0.2, 0.25) is 0 Å². The predicted molar refractivity (Wildman–Crippen MR) is 130 cm³/mol. The van der Waals surface area contributed by atoms with E-state index < -0.39 is 0 Å². The van der Waals surface area contributed by atoms with Crippen LogP contribution < -0.4 is 10.1 Å². The number of methoxy groups -OCH3 is 1. The molecule has 1 heterocycles. The van der Waals surface area contributed by atoms with Gasteiger partial charge in [-0.3, -0.25) is 0 Å². The summed E-state index contributed by atoms with van der Waals surface area (Å²) < 4.78 is 7.49. The average Bonchev–Trinajstić information content (AvgIpc) is 3.25. The third-order valence-corrected chi connectivity index (χ3v) is 5.43. The number of hydrogen-bond donors (Lipinski definition) is 1. The Balaban J connectivity index is 1.52. The van der Waals surface area contributed by atoms with Gasteiger partial charge in [-0.15, -0.1) is 6.58 Å². The molecule has 0 spiro atoms. The molecule has 0 atom stereocenters. The number of amides is 2. The number of benzene rings is 3. The fourth-order valence-corrected chi connectivity index (χ4v) is 3.81. The molecule has 0 saturated carbocycles. The molecule has 0 aliphatic rings. The van der Waals surface area contributed by atoms with Gasteiger partial charge in [-0.1, -0.05) is 54.6 Å². The number of nitrogens with one attached hydrogen (secondary N) is 1. The summed E-state index contributed by atoms with van der Waals surface area (Å²) in [4.78, 5) is 14.9. The van der Waals surface area contributed by atoms with Crippen molar-refractivity contribution in [2.45, 2.75) is 13.1 Å². The van der Waals surface area contributed by atoms with E-state index in [9.17, 15) is 4.79 Å². The molecule has 0 aliphatic heterocycles. The van der Waals surface area contributed by atoms with Crippen LogP contribution in [-0.4, -0.2) is 29.2 Å². The van der Waals surface area contributed by atoms with Gasteiger partial charge in [0, 0.05) is 30.4 Å². The second-order valence-electron chi connectivity index (χ2n) is 7.61. The normalized spacial score (nSPS) is 10.7. The van der Waals surface area contributed by atoms with Crippen LogP contribution in [0, 0.1) is 0 Å². The number of carbonyl (C=O) groups is 1. The number of anilines is 1. The van der Waals surface area contributed by atoms with Crippen LogP contribution in [0.3, 0.4) is 0 Å². The Hall–Kier alpha value is -3.99. The third kappa shape index (κ3) is 4.83. The van der Waals surface area contributed by atoms with Crippen molar-refractivity contribution < 1.29 is 9.53 Å². The second kappa shape index (κ2) is 9.88. The maximum Gasteiger partial charge on any atom is 0.322 e. The summed E-state index contributed by atoms with van der Waals surface area (Å²) in [6, 6.07) is 25.9. The highest BCUT2D eigenvalue weighted by molar-refractivity contribution is 6.01. The van der Waals surface area contributed by atoms with Gasteiger partial charge in [-0.25, -0.2) is 4.79 Å². The van der Waals surface area contributed by atoms with Crippen molar-refractivity contribution in [3.8, 4) is 5.75 Å². The van der Waals surface area contributed by atoms with Crippen LogP contribution in [0.5, 0.6) is 5.75 Å². The van der Waals surface area contributed by atoms with Gasteiger partial charge < -0.3 is 19.5 Å². The van der Waals surface area contributed by atoms with Crippen molar-refractivity contribution in [3.05, 3.63) is 109 Å². The first-order chi connectivity index (χ1) is 15.7. The first kappa shape index (κ1) is 21.2. The molecule has 1 aromatic heterocycles. The van der Waals surface area contributed by atoms with Gasteiger partial charge in [0.25, 0.3) is 0 Å². The molecule has 4 rings (SSSR count). The predicted octanol–water partition coefficient (Wildman–Crippen LogP) is 5.92. The number of fused-ring (bicyclic) bond motifs is 1. The number of ether oxygens (including phenoxy) is 1. The Bertz CT molecular complexity index is 1220. The van der Waals surface area contributed by atoms with E-state index in [0.29, 0.717) is 19.6 Å². The van der Waals surface area contributed by atoms with Crippen LogP contribution in [-0.2, 0) is 13.1 Å². The zero-order chi connectivity index (χ0) is 22.3. The lowest BCUT2D eigenvalue weighted by atomic mass is 10.1. The molecule has 5 nitrogen and oxygen atoms in total. The Kier molecular flexibility index (Phi) is 6.56. The maximum absolute atomic E-state index is 13.2. The van der Waals surface area contributed by atoms with Gasteiger partial charge in [0.15, 0.2) is 0 Å². The fraction of sp³-hybridized carbons (Fsp3) is 0.148. The summed E-state index contributed by atoms with van der Waals surface area (Å²) in [6.45, 7) is 5.45. The van der Waals surface area contributed by atoms with E-state index in [1.54, 1.807) is 18.1 Å². The maximum atomic E-state index is 13.2. The van der Waals surface area contributed by atoms with Crippen LogP contribution in [0.4, 0.5) is 10.5 Å². The first-order valence-electron chi connectivity index (χ1n) is 10.6. The van der Waals surface area contributed by atoms with Crippen molar-refractivity contribution in [2.24, 2.45) is 0 Å². The van der Waals surface area contributed by atoms with E-state index in [2.05, 4.69) is 22.5 Å². The van der Waals surface area contributed by atoms with Gasteiger partial charge in [0.05, 0.1) is 19.3 Å². The number of aromatic nitrogens is 1. The molecule has 32 heavy (non-hydrogen) atoms. The van der Waals surface area contributed by atoms with E-state index in [-0.39, 0.29) is 6.03 Å². The van der Waals surface area contributed by atoms with Crippen molar-refractivity contribution >= 4 is 22.5 Å². The van der Waals surface area contributed by atoms with Crippen LogP contribution in [0.25, 0.3) is 10.8 Å². The number of carbonyl (C=O) groups excluding carboxylic acids is 1. The standard InChI is InChI=1S/C27H27N3O2/c1-3-16-30(27(31)28-26-15-7-11-22-10-4-5-14-25(22)26)20-23-12-8-17-29(23)19-21-9-6-13-24(18-21)32-2/h3-15,17-18H,1,16,19-20H2,2H3,(H,28,31). The molecular weight excluding hydrogens is 398 g/mol. The summed E-state index contributed by atoms with van der Waals surface area (Å²) in [6.07, 6.45) is 3.78. The zero-order valence-electron chi connectivity index (χ0n) is 18.2. The van der Waals surface area contributed by atoms with Gasteiger partial charge in [0.1, 0.15) is 5.75 Å². The molecule has 5 heteroatoms. The molecular formula is C27H27N3O2. The highest BCUT2D eigenvalue weighted by Crippen LogP contribution is 2.23. The van der Waals surface area contributed by atoms with Gasteiger partial charge in [0.2, 0.25) is 0 Å². The summed E-state index contributed by atoms with van der Waals surface area (Å²) in [5.74, 6) is 0.832. The Morgan fingerprint density at radius 3 is 2.72 bits per heavy atom. The Morgan fingerprint density at radius 2 is 1.88 bits per heavy atom. The van der Waals surface area contributed by atoms with E-state index in [0.717, 1.165) is 33.5 Å². The summed E-state index contributed by atoms with van der Waals surface area (Å²) >= 11 is 0. The minimum absolute atomic E-state index is 0.157. The Labute approximate surface area is 188 Å². The smallest absolute Gasteiger partial charge is 0.322 e. The van der Waals surface area contributed by atoms with Gasteiger partial charge >= 0.3 is 6.03 Å². The monoisotopic (exact) mass is 425 g/mol. The number of urea groups is 1. The second-order valence-corrected chi connectivity index (χ2v) is 7.61. The molecule has 0 bridgehead atoms. The molecule has 0 fully saturated rings. The molecule has 1 N–H and O–H groups in total. The van der Waals surface area contributed by atoms with Gasteiger partial charge in [-0.2, -0.15) is 0 Å². The number of hydrogen-bond acceptors (Lipinski definition) is 2. The summed E-state index contributed by atoms with van der Waals surface area (Å²) in [5, 5.41) is 5.19. The van der Waals surface area contributed by atoms with Crippen molar-refractivity contribution in [3.63, 3.8) is 0 Å². The van der Waals surface area contributed by atoms with E-state index in [4.69, 9.17) is 4.74 Å². The molecule has 0 saturated heterocycles. The van der Waals surface area contributed by atoms with Crippen LogP contribution in [0.15, 0.2) is 97.7 Å². The van der Waals surface area contributed by atoms with Crippen molar-refractivity contribution in [1.82, 2.24) is 9.47 Å². The zero-order valence-corrected chi connectivity index (χ0v) is 18.2.